The first-order valence-corrected chi connectivity index (χ1v) is 6.76. The average molecular weight is 239 g/mol. The summed E-state index contributed by atoms with van der Waals surface area (Å²) >= 11 is 0. The molecule has 0 aliphatic carbocycles. The van der Waals surface area contributed by atoms with E-state index < -0.39 is 5.41 Å². The first-order valence-electron chi connectivity index (χ1n) is 6.76. The minimum Gasteiger partial charge on any atom is -0.296 e. The first kappa shape index (κ1) is 14.2. The van der Waals surface area contributed by atoms with Gasteiger partial charge >= 0.3 is 0 Å². The van der Waals surface area contributed by atoms with Crippen molar-refractivity contribution in [3.05, 3.63) is 0 Å². The van der Waals surface area contributed by atoms with E-state index in [-0.39, 0.29) is 23.7 Å². The molecule has 2 amide bonds. The smallest absolute Gasteiger partial charge is 0.233 e. The summed E-state index contributed by atoms with van der Waals surface area (Å²) in [5.41, 5.74) is -0.540. The van der Waals surface area contributed by atoms with E-state index in [1.807, 2.05) is 13.8 Å². The second kappa shape index (κ2) is 5.65. The van der Waals surface area contributed by atoms with Gasteiger partial charge in [-0.1, -0.05) is 53.4 Å². The molecule has 0 saturated carbocycles. The zero-order valence-electron chi connectivity index (χ0n) is 11.5. The molecule has 3 heteroatoms. The Balaban J connectivity index is 2.53. The van der Waals surface area contributed by atoms with Crippen LogP contribution in [0.25, 0.3) is 0 Å². The molecule has 3 nitrogen and oxygen atoms in total. The van der Waals surface area contributed by atoms with Crippen molar-refractivity contribution in [2.75, 3.05) is 0 Å². The number of carbonyl (C=O) groups is 2. The van der Waals surface area contributed by atoms with Crippen LogP contribution in [0, 0.1) is 17.3 Å². The molecule has 1 saturated heterocycles. The van der Waals surface area contributed by atoms with Crippen LogP contribution in [0.3, 0.4) is 0 Å². The Bertz CT molecular complexity index is 297. The Morgan fingerprint density at radius 1 is 1.24 bits per heavy atom. The topological polar surface area (TPSA) is 46.2 Å². The predicted octanol–water partition coefficient (Wildman–Crippen LogP) is 2.89. The van der Waals surface area contributed by atoms with Crippen LogP contribution in [0.4, 0.5) is 0 Å². The minimum atomic E-state index is -0.540. The van der Waals surface area contributed by atoms with Gasteiger partial charge in [0.25, 0.3) is 0 Å². The van der Waals surface area contributed by atoms with Crippen LogP contribution in [-0.2, 0) is 9.59 Å². The summed E-state index contributed by atoms with van der Waals surface area (Å²) in [7, 11) is 0. The molecular weight excluding hydrogens is 214 g/mol. The summed E-state index contributed by atoms with van der Waals surface area (Å²) in [4.78, 5) is 23.5. The molecule has 1 aliphatic heterocycles. The normalized spacial score (nSPS) is 24.8. The average Bonchev–Trinajstić information content (AvgIpc) is 2.43. The maximum absolute atomic E-state index is 11.8. The molecule has 1 fully saturated rings. The van der Waals surface area contributed by atoms with Crippen LogP contribution in [-0.4, -0.2) is 11.8 Å². The summed E-state index contributed by atoms with van der Waals surface area (Å²) in [5, 5.41) is 2.46. The van der Waals surface area contributed by atoms with Gasteiger partial charge in [0.2, 0.25) is 11.8 Å². The standard InChI is InChI=1S/C14H25NO2/c1-5-6-7-8-9-10(2)11-12(16)15-13(17)14(11,3)4/h10-11H,5-9H2,1-4H3,(H,15,16,17). The van der Waals surface area contributed by atoms with Gasteiger partial charge in [-0.3, -0.25) is 14.9 Å². The number of hydrogen-bond acceptors (Lipinski definition) is 2. The van der Waals surface area contributed by atoms with Gasteiger partial charge in [0.15, 0.2) is 0 Å². The van der Waals surface area contributed by atoms with Crippen LogP contribution in [0.5, 0.6) is 0 Å². The van der Waals surface area contributed by atoms with Crippen LogP contribution < -0.4 is 5.32 Å². The van der Waals surface area contributed by atoms with Gasteiger partial charge in [-0.05, 0) is 12.3 Å². The van der Waals surface area contributed by atoms with E-state index in [9.17, 15) is 9.59 Å². The van der Waals surface area contributed by atoms with Gasteiger partial charge in [-0.2, -0.15) is 0 Å². The highest BCUT2D eigenvalue weighted by Gasteiger charge is 2.50. The van der Waals surface area contributed by atoms with Crippen LogP contribution in [0.1, 0.15) is 59.8 Å². The fourth-order valence-corrected chi connectivity index (χ4v) is 2.85. The van der Waals surface area contributed by atoms with E-state index in [0.29, 0.717) is 0 Å². The molecule has 0 radical (unpaired) electrons. The Labute approximate surface area is 104 Å². The molecule has 0 bridgehead atoms. The zero-order valence-corrected chi connectivity index (χ0v) is 11.5. The van der Waals surface area contributed by atoms with Crippen molar-refractivity contribution in [2.24, 2.45) is 17.3 Å². The summed E-state index contributed by atoms with van der Waals surface area (Å²) in [6, 6.07) is 0. The second-order valence-corrected chi connectivity index (χ2v) is 5.84. The molecule has 1 rings (SSSR count). The van der Waals surface area contributed by atoms with E-state index in [1.54, 1.807) is 0 Å². The van der Waals surface area contributed by atoms with Crippen molar-refractivity contribution in [2.45, 2.75) is 59.8 Å². The van der Waals surface area contributed by atoms with Crippen molar-refractivity contribution in [1.82, 2.24) is 5.32 Å². The maximum Gasteiger partial charge on any atom is 0.233 e. The molecule has 0 spiro atoms. The van der Waals surface area contributed by atoms with Crippen LogP contribution >= 0.6 is 0 Å². The maximum atomic E-state index is 11.8. The Morgan fingerprint density at radius 2 is 1.88 bits per heavy atom. The second-order valence-electron chi connectivity index (χ2n) is 5.84. The number of unbranched alkanes of at least 4 members (excludes halogenated alkanes) is 3. The van der Waals surface area contributed by atoms with Crippen LogP contribution in [0.15, 0.2) is 0 Å². The lowest BCUT2D eigenvalue weighted by molar-refractivity contribution is -0.127. The zero-order chi connectivity index (χ0) is 13.1. The van der Waals surface area contributed by atoms with Crippen LogP contribution in [0.2, 0.25) is 0 Å². The van der Waals surface area contributed by atoms with E-state index in [0.717, 1.165) is 12.8 Å². The molecule has 1 heterocycles. The number of rotatable bonds is 6. The lowest BCUT2D eigenvalue weighted by atomic mass is 9.73. The first-order chi connectivity index (χ1) is 7.91. The van der Waals surface area contributed by atoms with Gasteiger partial charge in [-0.25, -0.2) is 0 Å². The third kappa shape index (κ3) is 3.08. The number of amides is 2. The lowest BCUT2D eigenvalue weighted by Gasteiger charge is -2.27. The van der Waals surface area contributed by atoms with Crippen molar-refractivity contribution in [3.63, 3.8) is 0 Å². The largest absolute Gasteiger partial charge is 0.296 e. The summed E-state index contributed by atoms with van der Waals surface area (Å²) < 4.78 is 0. The predicted molar refractivity (Wildman–Crippen MR) is 68.3 cm³/mol. The number of carbonyl (C=O) groups excluding carboxylic acids is 2. The quantitative estimate of drug-likeness (QED) is 0.572. The minimum absolute atomic E-state index is 0.0806. The van der Waals surface area contributed by atoms with E-state index >= 15 is 0 Å². The molecule has 98 valence electrons. The van der Waals surface area contributed by atoms with Gasteiger partial charge in [0, 0.05) is 0 Å². The highest BCUT2D eigenvalue weighted by Crippen LogP contribution is 2.39. The molecule has 0 aromatic carbocycles. The molecule has 0 aromatic heterocycles. The number of nitrogens with one attached hydrogen (secondary N) is 1. The third-order valence-corrected chi connectivity index (χ3v) is 3.96. The van der Waals surface area contributed by atoms with Gasteiger partial charge in [-0.15, -0.1) is 0 Å². The highest BCUT2D eigenvalue weighted by molar-refractivity contribution is 6.07. The molecule has 2 unspecified atom stereocenters. The Kier molecular flexibility index (Phi) is 4.72. The highest BCUT2D eigenvalue weighted by atomic mass is 16.2. The Morgan fingerprint density at radius 3 is 2.35 bits per heavy atom. The number of imide groups is 1. The van der Waals surface area contributed by atoms with E-state index in [1.165, 1.54) is 19.3 Å². The SMILES string of the molecule is CCCCCCC(C)C1C(=O)NC(=O)C1(C)C. The van der Waals surface area contributed by atoms with Crippen molar-refractivity contribution >= 4 is 11.8 Å². The van der Waals surface area contributed by atoms with Gasteiger partial charge in [0.1, 0.15) is 0 Å². The fourth-order valence-electron chi connectivity index (χ4n) is 2.85. The molecule has 1 N–H and O–H groups in total. The third-order valence-electron chi connectivity index (χ3n) is 3.96. The monoisotopic (exact) mass is 239 g/mol. The van der Waals surface area contributed by atoms with Crippen molar-refractivity contribution in [3.8, 4) is 0 Å². The van der Waals surface area contributed by atoms with Crippen molar-refractivity contribution < 1.29 is 9.59 Å². The fraction of sp³-hybridized carbons (Fsp3) is 0.857. The number of hydrogen-bond donors (Lipinski definition) is 1. The van der Waals surface area contributed by atoms with Gasteiger partial charge < -0.3 is 0 Å². The van der Waals surface area contributed by atoms with Crippen molar-refractivity contribution in [1.29, 1.82) is 0 Å². The summed E-state index contributed by atoms with van der Waals surface area (Å²) in [6.45, 7) is 8.03. The molecule has 1 aliphatic rings. The summed E-state index contributed by atoms with van der Waals surface area (Å²) in [5.74, 6) is -0.0687. The molecule has 0 aromatic rings. The molecule has 17 heavy (non-hydrogen) atoms. The summed E-state index contributed by atoms with van der Waals surface area (Å²) in [6.07, 6.45) is 5.90. The molecular formula is C14H25NO2. The van der Waals surface area contributed by atoms with Gasteiger partial charge in [0.05, 0.1) is 11.3 Å². The van der Waals surface area contributed by atoms with E-state index in [2.05, 4.69) is 19.2 Å². The van der Waals surface area contributed by atoms with E-state index in [4.69, 9.17) is 0 Å². The molecule has 2 atom stereocenters. The lowest BCUT2D eigenvalue weighted by Crippen LogP contribution is -2.32. The Hall–Kier alpha value is -0.860.